The summed E-state index contributed by atoms with van der Waals surface area (Å²) in [5.74, 6) is -0.526. The smallest absolute Gasteiger partial charge is 0.407 e. The topological polar surface area (TPSA) is 116 Å². The molecule has 0 spiro atoms. The van der Waals surface area contributed by atoms with Crippen molar-refractivity contribution in [2.75, 3.05) is 6.54 Å². The summed E-state index contributed by atoms with van der Waals surface area (Å²) in [5.41, 5.74) is -0.231. The van der Waals surface area contributed by atoms with E-state index in [4.69, 9.17) is 4.74 Å². The molecule has 7 nitrogen and oxygen atoms in total. The van der Waals surface area contributed by atoms with Gasteiger partial charge >= 0.3 is 6.09 Å². The molecule has 2 unspecified atom stereocenters. The lowest BCUT2D eigenvalue weighted by molar-refractivity contribution is 0.0122. The summed E-state index contributed by atoms with van der Waals surface area (Å²) in [6.45, 7) is 6.63. The molecule has 0 radical (unpaired) electrons. The summed E-state index contributed by atoms with van der Waals surface area (Å²) in [6.07, 6.45) is -2.91. The highest BCUT2D eigenvalue weighted by molar-refractivity contribution is 5.96. The van der Waals surface area contributed by atoms with Gasteiger partial charge < -0.3 is 25.4 Å². The average molecular weight is 339 g/mol. The van der Waals surface area contributed by atoms with Crippen LogP contribution < -0.4 is 5.32 Å². The SMILES string of the molecule is CC(=O)c1cc(C(O)C(O)CCNC(=O)OC(C)(C)C)ccc1O. The first-order chi connectivity index (χ1) is 11.0. The fourth-order valence-corrected chi connectivity index (χ4v) is 2.04. The van der Waals surface area contributed by atoms with E-state index in [9.17, 15) is 24.9 Å². The van der Waals surface area contributed by atoms with Crippen LogP contribution in [0, 0.1) is 0 Å². The van der Waals surface area contributed by atoms with E-state index in [2.05, 4.69) is 5.32 Å². The van der Waals surface area contributed by atoms with Crippen molar-refractivity contribution in [3.63, 3.8) is 0 Å². The molecule has 0 aliphatic carbocycles. The maximum Gasteiger partial charge on any atom is 0.407 e. The Morgan fingerprint density at radius 2 is 1.88 bits per heavy atom. The fourth-order valence-electron chi connectivity index (χ4n) is 2.04. The van der Waals surface area contributed by atoms with Gasteiger partial charge in [-0.05, 0) is 51.8 Å². The molecule has 1 amide bonds. The van der Waals surface area contributed by atoms with Crippen molar-refractivity contribution in [1.29, 1.82) is 0 Å². The predicted octanol–water partition coefficient (Wildman–Crippen LogP) is 1.90. The number of carbonyl (C=O) groups excluding carboxylic acids is 2. The Hall–Kier alpha value is -2.12. The second kappa shape index (κ2) is 8.12. The lowest BCUT2D eigenvalue weighted by Crippen LogP contribution is -2.34. The summed E-state index contributed by atoms with van der Waals surface area (Å²) in [7, 11) is 0. The van der Waals surface area contributed by atoms with E-state index in [1.54, 1.807) is 20.8 Å². The molecule has 4 N–H and O–H groups in total. The van der Waals surface area contributed by atoms with Gasteiger partial charge in [0.1, 0.15) is 17.5 Å². The van der Waals surface area contributed by atoms with Crippen molar-refractivity contribution in [2.24, 2.45) is 0 Å². The molecule has 0 saturated heterocycles. The first-order valence-electron chi connectivity index (χ1n) is 7.68. The molecular weight excluding hydrogens is 314 g/mol. The van der Waals surface area contributed by atoms with E-state index in [1.807, 2.05) is 0 Å². The number of aliphatic hydroxyl groups excluding tert-OH is 2. The van der Waals surface area contributed by atoms with Crippen LogP contribution in [0.2, 0.25) is 0 Å². The second-order valence-corrected chi connectivity index (χ2v) is 6.56. The van der Waals surface area contributed by atoms with Crippen LogP contribution in [0.4, 0.5) is 4.79 Å². The summed E-state index contributed by atoms with van der Waals surface area (Å²) in [4.78, 5) is 22.9. The normalized spacial score (nSPS) is 13.9. The maximum absolute atomic E-state index is 11.5. The molecular formula is C17H25NO6. The number of hydrogen-bond donors (Lipinski definition) is 4. The largest absolute Gasteiger partial charge is 0.507 e. The third-order valence-electron chi connectivity index (χ3n) is 3.21. The van der Waals surface area contributed by atoms with Crippen molar-refractivity contribution in [2.45, 2.75) is 51.9 Å². The van der Waals surface area contributed by atoms with Crippen LogP contribution in [-0.2, 0) is 4.74 Å². The van der Waals surface area contributed by atoms with Crippen LogP contribution in [0.3, 0.4) is 0 Å². The molecule has 134 valence electrons. The van der Waals surface area contributed by atoms with Crippen molar-refractivity contribution in [3.8, 4) is 5.75 Å². The third-order valence-corrected chi connectivity index (χ3v) is 3.21. The number of amides is 1. The molecule has 0 aromatic heterocycles. The summed E-state index contributed by atoms with van der Waals surface area (Å²) < 4.78 is 5.06. The number of aromatic hydroxyl groups is 1. The van der Waals surface area contributed by atoms with Gasteiger partial charge in [-0.15, -0.1) is 0 Å². The minimum atomic E-state index is -1.25. The van der Waals surface area contributed by atoms with Crippen LogP contribution in [0.5, 0.6) is 5.75 Å². The minimum Gasteiger partial charge on any atom is -0.507 e. The maximum atomic E-state index is 11.5. The average Bonchev–Trinajstić information content (AvgIpc) is 2.44. The van der Waals surface area contributed by atoms with Crippen molar-refractivity contribution >= 4 is 11.9 Å². The molecule has 0 fully saturated rings. The van der Waals surface area contributed by atoms with Crippen LogP contribution in [0.15, 0.2) is 18.2 Å². The lowest BCUT2D eigenvalue weighted by atomic mass is 9.98. The number of ketones is 1. The number of benzene rings is 1. The van der Waals surface area contributed by atoms with Gasteiger partial charge in [0.2, 0.25) is 0 Å². The van der Waals surface area contributed by atoms with Crippen molar-refractivity contribution in [3.05, 3.63) is 29.3 Å². The monoisotopic (exact) mass is 339 g/mol. The van der Waals surface area contributed by atoms with Crippen molar-refractivity contribution in [1.82, 2.24) is 5.32 Å². The number of alkyl carbamates (subject to hydrolysis) is 1. The zero-order valence-electron chi connectivity index (χ0n) is 14.4. The van der Waals surface area contributed by atoms with Gasteiger partial charge in [0.05, 0.1) is 11.7 Å². The molecule has 24 heavy (non-hydrogen) atoms. The zero-order valence-corrected chi connectivity index (χ0v) is 14.4. The van der Waals surface area contributed by atoms with E-state index in [1.165, 1.54) is 25.1 Å². The highest BCUT2D eigenvalue weighted by Gasteiger charge is 2.21. The molecule has 0 aliphatic rings. The Morgan fingerprint density at radius 1 is 1.25 bits per heavy atom. The molecule has 0 heterocycles. The number of rotatable bonds is 6. The van der Waals surface area contributed by atoms with Crippen LogP contribution in [-0.4, -0.2) is 45.4 Å². The molecule has 1 aromatic carbocycles. The second-order valence-electron chi connectivity index (χ2n) is 6.56. The fraction of sp³-hybridized carbons (Fsp3) is 0.529. The lowest BCUT2D eigenvalue weighted by Gasteiger charge is -2.21. The van der Waals surface area contributed by atoms with Gasteiger partial charge in [-0.3, -0.25) is 4.79 Å². The Labute approximate surface area is 141 Å². The number of hydrogen-bond acceptors (Lipinski definition) is 6. The Balaban J connectivity index is 2.59. The standard InChI is InChI=1S/C17H25NO6/c1-10(19)12-9-11(5-6-13(12)20)15(22)14(21)7-8-18-16(23)24-17(2,3)4/h5-6,9,14-15,20-22H,7-8H2,1-4H3,(H,18,23). The molecule has 2 atom stereocenters. The van der Waals surface area contributed by atoms with E-state index >= 15 is 0 Å². The highest BCUT2D eigenvalue weighted by Crippen LogP contribution is 2.25. The van der Waals surface area contributed by atoms with Gasteiger partial charge in [0, 0.05) is 6.54 Å². The van der Waals surface area contributed by atoms with Gasteiger partial charge in [0.15, 0.2) is 5.78 Å². The third kappa shape index (κ3) is 6.17. The number of aliphatic hydroxyl groups is 2. The molecule has 0 saturated carbocycles. The van der Waals surface area contributed by atoms with Gasteiger partial charge in [0.25, 0.3) is 0 Å². The van der Waals surface area contributed by atoms with Crippen LogP contribution in [0.25, 0.3) is 0 Å². The molecule has 1 aromatic rings. The zero-order chi connectivity index (χ0) is 18.5. The van der Waals surface area contributed by atoms with E-state index in [0.29, 0.717) is 5.56 Å². The van der Waals surface area contributed by atoms with Gasteiger partial charge in [-0.25, -0.2) is 4.79 Å². The van der Waals surface area contributed by atoms with Gasteiger partial charge in [-0.1, -0.05) is 6.07 Å². The van der Waals surface area contributed by atoms with E-state index in [-0.39, 0.29) is 30.1 Å². The Morgan fingerprint density at radius 3 is 2.42 bits per heavy atom. The number of phenols is 1. The van der Waals surface area contributed by atoms with Crippen LogP contribution >= 0.6 is 0 Å². The molecule has 1 rings (SSSR count). The summed E-state index contributed by atoms with van der Waals surface area (Å²) in [6, 6.07) is 4.06. The Bertz CT molecular complexity index is 593. The summed E-state index contributed by atoms with van der Waals surface area (Å²) in [5, 5.41) is 32.3. The molecule has 0 aliphatic heterocycles. The number of phenolic OH excluding ortho intramolecular Hbond substituents is 1. The summed E-state index contributed by atoms with van der Waals surface area (Å²) >= 11 is 0. The van der Waals surface area contributed by atoms with Crippen molar-refractivity contribution < 1.29 is 29.6 Å². The Kier molecular flexibility index (Phi) is 6.74. The first-order valence-corrected chi connectivity index (χ1v) is 7.68. The number of ether oxygens (including phenoxy) is 1. The van der Waals surface area contributed by atoms with E-state index < -0.39 is 23.9 Å². The number of nitrogens with one attached hydrogen (secondary N) is 1. The first kappa shape index (κ1) is 19.9. The molecule has 0 bridgehead atoms. The highest BCUT2D eigenvalue weighted by atomic mass is 16.6. The van der Waals surface area contributed by atoms with Gasteiger partial charge in [-0.2, -0.15) is 0 Å². The predicted molar refractivity (Wildman–Crippen MR) is 87.9 cm³/mol. The molecule has 7 heteroatoms. The van der Waals surface area contributed by atoms with E-state index in [0.717, 1.165) is 0 Å². The number of carbonyl (C=O) groups is 2. The number of Topliss-reactive ketones (excluding diaryl/α,β-unsaturated/α-hetero) is 1. The minimum absolute atomic E-state index is 0.0747. The quantitative estimate of drug-likeness (QED) is 0.588. The van der Waals surface area contributed by atoms with Crippen LogP contribution in [0.1, 0.15) is 56.1 Å².